The standard InChI is InChI=1S/C28H31NO4/c1-19-6-5-7-21(14-19)18-33-28-16-22-12-13-29-24(23(22)17-27(28)32-4)10-8-20-9-11-25(30-2)26(15-20)31-3/h5-11,14-17,24,29H,12-13,18H2,1-4H3/b10-8+. The molecule has 0 fully saturated rings. The molecule has 0 radical (unpaired) electrons. The second-order valence-electron chi connectivity index (χ2n) is 8.13. The summed E-state index contributed by atoms with van der Waals surface area (Å²) in [4.78, 5) is 0. The molecule has 1 atom stereocenters. The zero-order valence-electron chi connectivity index (χ0n) is 19.7. The van der Waals surface area contributed by atoms with Crippen LogP contribution in [0.3, 0.4) is 0 Å². The van der Waals surface area contributed by atoms with Crippen molar-refractivity contribution in [2.45, 2.75) is 26.0 Å². The summed E-state index contributed by atoms with van der Waals surface area (Å²) < 4.78 is 22.6. The first-order chi connectivity index (χ1) is 16.1. The molecule has 0 aliphatic carbocycles. The predicted molar refractivity (Wildman–Crippen MR) is 132 cm³/mol. The van der Waals surface area contributed by atoms with E-state index in [2.05, 4.69) is 60.8 Å². The van der Waals surface area contributed by atoms with Crippen molar-refractivity contribution in [2.75, 3.05) is 27.9 Å². The van der Waals surface area contributed by atoms with E-state index in [-0.39, 0.29) is 6.04 Å². The lowest BCUT2D eigenvalue weighted by Crippen LogP contribution is -2.28. The maximum atomic E-state index is 6.16. The molecule has 1 unspecified atom stereocenters. The average molecular weight is 446 g/mol. The van der Waals surface area contributed by atoms with E-state index >= 15 is 0 Å². The summed E-state index contributed by atoms with van der Waals surface area (Å²) in [6.07, 6.45) is 5.22. The van der Waals surface area contributed by atoms with Gasteiger partial charge in [-0.15, -0.1) is 0 Å². The number of rotatable bonds is 8. The molecule has 5 heteroatoms. The van der Waals surface area contributed by atoms with Gasteiger partial charge in [-0.2, -0.15) is 0 Å². The first-order valence-corrected chi connectivity index (χ1v) is 11.1. The molecule has 3 aromatic carbocycles. The van der Waals surface area contributed by atoms with Crippen molar-refractivity contribution in [3.63, 3.8) is 0 Å². The molecule has 0 saturated carbocycles. The van der Waals surface area contributed by atoms with Crippen molar-refractivity contribution in [3.05, 3.63) is 88.5 Å². The summed E-state index contributed by atoms with van der Waals surface area (Å²) in [5.41, 5.74) is 5.90. The molecule has 5 nitrogen and oxygen atoms in total. The van der Waals surface area contributed by atoms with E-state index in [4.69, 9.17) is 18.9 Å². The second-order valence-corrected chi connectivity index (χ2v) is 8.13. The molecule has 1 aliphatic rings. The molecular weight excluding hydrogens is 414 g/mol. The van der Waals surface area contributed by atoms with E-state index in [0.717, 1.165) is 41.3 Å². The smallest absolute Gasteiger partial charge is 0.161 e. The van der Waals surface area contributed by atoms with Crippen LogP contribution in [0.2, 0.25) is 0 Å². The van der Waals surface area contributed by atoms with Crippen molar-refractivity contribution in [1.82, 2.24) is 5.32 Å². The topological polar surface area (TPSA) is 49.0 Å². The van der Waals surface area contributed by atoms with E-state index in [1.807, 2.05) is 18.2 Å². The van der Waals surface area contributed by atoms with E-state index < -0.39 is 0 Å². The zero-order chi connectivity index (χ0) is 23.2. The van der Waals surface area contributed by atoms with E-state index in [9.17, 15) is 0 Å². The Hall–Kier alpha value is -3.44. The minimum Gasteiger partial charge on any atom is -0.493 e. The lowest BCUT2D eigenvalue weighted by atomic mass is 9.93. The van der Waals surface area contributed by atoms with Gasteiger partial charge in [0.25, 0.3) is 0 Å². The highest BCUT2D eigenvalue weighted by Gasteiger charge is 2.21. The maximum absolute atomic E-state index is 6.16. The Morgan fingerprint density at radius 1 is 0.879 bits per heavy atom. The first-order valence-electron chi connectivity index (χ1n) is 11.1. The molecule has 172 valence electrons. The quantitative estimate of drug-likeness (QED) is 0.496. The summed E-state index contributed by atoms with van der Waals surface area (Å²) in [6.45, 7) is 3.50. The Morgan fingerprint density at radius 3 is 2.42 bits per heavy atom. The van der Waals surface area contributed by atoms with Gasteiger partial charge in [-0.05, 0) is 59.9 Å². The largest absolute Gasteiger partial charge is 0.493 e. The zero-order valence-corrected chi connectivity index (χ0v) is 19.7. The molecule has 3 aromatic rings. The third-order valence-electron chi connectivity index (χ3n) is 5.88. The Labute approximate surface area is 196 Å². The number of nitrogens with one attached hydrogen (secondary N) is 1. The average Bonchev–Trinajstić information content (AvgIpc) is 2.85. The Kier molecular flexibility index (Phi) is 7.20. The van der Waals surface area contributed by atoms with Crippen LogP contribution in [-0.4, -0.2) is 27.9 Å². The summed E-state index contributed by atoms with van der Waals surface area (Å²) >= 11 is 0. The summed E-state index contributed by atoms with van der Waals surface area (Å²) in [5, 5.41) is 3.59. The Morgan fingerprint density at radius 2 is 1.67 bits per heavy atom. The van der Waals surface area contributed by atoms with Crippen LogP contribution in [-0.2, 0) is 13.0 Å². The molecule has 0 spiro atoms. The highest BCUT2D eigenvalue weighted by atomic mass is 16.5. The van der Waals surface area contributed by atoms with Crippen LogP contribution < -0.4 is 24.3 Å². The van der Waals surface area contributed by atoms with Gasteiger partial charge in [0.15, 0.2) is 23.0 Å². The third kappa shape index (κ3) is 5.32. The fraction of sp³-hybridized carbons (Fsp3) is 0.286. The number of methoxy groups -OCH3 is 3. The fourth-order valence-corrected chi connectivity index (χ4v) is 4.17. The molecule has 0 aromatic heterocycles. The number of aryl methyl sites for hydroxylation is 1. The Balaban J connectivity index is 1.55. The highest BCUT2D eigenvalue weighted by Crippen LogP contribution is 2.36. The van der Waals surface area contributed by atoms with Crippen LogP contribution in [0, 0.1) is 6.92 Å². The van der Waals surface area contributed by atoms with Gasteiger partial charge in [0.2, 0.25) is 0 Å². The molecule has 1 heterocycles. The molecule has 0 amide bonds. The number of fused-ring (bicyclic) bond motifs is 1. The monoisotopic (exact) mass is 445 g/mol. The number of hydrogen-bond acceptors (Lipinski definition) is 5. The van der Waals surface area contributed by atoms with Gasteiger partial charge in [-0.1, -0.05) is 48.0 Å². The molecule has 33 heavy (non-hydrogen) atoms. The van der Waals surface area contributed by atoms with Gasteiger partial charge in [0, 0.05) is 6.54 Å². The Bertz CT molecular complexity index is 1140. The molecule has 1 aliphatic heterocycles. The van der Waals surface area contributed by atoms with Crippen LogP contribution in [0.5, 0.6) is 23.0 Å². The van der Waals surface area contributed by atoms with Gasteiger partial charge in [-0.25, -0.2) is 0 Å². The van der Waals surface area contributed by atoms with Crippen LogP contribution >= 0.6 is 0 Å². The molecule has 4 rings (SSSR count). The van der Waals surface area contributed by atoms with Gasteiger partial charge in [-0.3, -0.25) is 0 Å². The van der Waals surface area contributed by atoms with E-state index in [0.29, 0.717) is 12.4 Å². The molecule has 0 bridgehead atoms. The van der Waals surface area contributed by atoms with Crippen molar-refractivity contribution < 1.29 is 18.9 Å². The van der Waals surface area contributed by atoms with Gasteiger partial charge in [0.05, 0.1) is 27.4 Å². The minimum absolute atomic E-state index is 0.0848. The van der Waals surface area contributed by atoms with E-state index in [1.165, 1.54) is 16.7 Å². The molecule has 1 N–H and O–H groups in total. The predicted octanol–water partition coefficient (Wildman–Crippen LogP) is 5.50. The fourth-order valence-electron chi connectivity index (χ4n) is 4.17. The lowest BCUT2D eigenvalue weighted by Gasteiger charge is -2.26. The van der Waals surface area contributed by atoms with Crippen LogP contribution in [0.1, 0.15) is 33.9 Å². The van der Waals surface area contributed by atoms with Gasteiger partial charge >= 0.3 is 0 Å². The first kappa shape index (κ1) is 22.7. The van der Waals surface area contributed by atoms with Gasteiger partial charge in [0.1, 0.15) is 6.61 Å². The van der Waals surface area contributed by atoms with Gasteiger partial charge < -0.3 is 24.3 Å². The maximum Gasteiger partial charge on any atom is 0.161 e. The summed E-state index contributed by atoms with van der Waals surface area (Å²) in [6, 6.07) is 18.6. The minimum atomic E-state index is 0.0848. The molecule has 0 saturated heterocycles. The van der Waals surface area contributed by atoms with Crippen molar-refractivity contribution in [3.8, 4) is 23.0 Å². The van der Waals surface area contributed by atoms with Crippen LogP contribution in [0.25, 0.3) is 6.08 Å². The molecular formula is C28H31NO4. The van der Waals surface area contributed by atoms with Crippen LogP contribution in [0.4, 0.5) is 0 Å². The second kappa shape index (κ2) is 10.5. The normalized spacial score (nSPS) is 15.2. The third-order valence-corrected chi connectivity index (χ3v) is 5.88. The van der Waals surface area contributed by atoms with E-state index in [1.54, 1.807) is 21.3 Å². The van der Waals surface area contributed by atoms with Crippen molar-refractivity contribution in [1.29, 1.82) is 0 Å². The summed E-state index contributed by atoms with van der Waals surface area (Å²) in [5.74, 6) is 2.96. The van der Waals surface area contributed by atoms with Crippen molar-refractivity contribution in [2.24, 2.45) is 0 Å². The summed E-state index contributed by atoms with van der Waals surface area (Å²) in [7, 11) is 4.98. The number of hydrogen-bond donors (Lipinski definition) is 1. The highest BCUT2D eigenvalue weighted by molar-refractivity contribution is 5.58. The number of benzene rings is 3. The van der Waals surface area contributed by atoms with Crippen molar-refractivity contribution >= 4 is 6.08 Å². The lowest BCUT2D eigenvalue weighted by molar-refractivity contribution is 0.283. The SMILES string of the molecule is COc1ccc(/C=C/C2NCCc3cc(OCc4cccc(C)c4)c(OC)cc32)cc1OC. The number of ether oxygens (including phenoxy) is 4. The van der Waals surface area contributed by atoms with Crippen LogP contribution in [0.15, 0.2) is 60.7 Å².